The molecule has 0 amide bonds. The number of hydrogen-bond acceptors (Lipinski definition) is 3. The average Bonchev–Trinajstić information content (AvgIpc) is 3.02. The molecular formula is C18H17FN4O. The summed E-state index contributed by atoms with van der Waals surface area (Å²) >= 11 is 0. The van der Waals surface area contributed by atoms with E-state index in [4.69, 9.17) is 15.7 Å². The summed E-state index contributed by atoms with van der Waals surface area (Å²) in [5, 5.41) is 13.7. The number of hydrogen-bond donors (Lipinski definition) is 3. The molecule has 0 spiro atoms. The standard InChI is InChI=1S/C18H17FN4O/c1-11(16-10-17(24-23-16)22-18(20)21)13-7-8-14(15(19)9-13)12-5-3-2-4-6-12/h2-11H,1H3,(H4,20,21,22). The lowest BCUT2D eigenvalue weighted by atomic mass is 9.95. The van der Waals surface area contributed by atoms with Gasteiger partial charge in [0.05, 0.1) is 5.69 Å². The van der Waals surface area contributed by atoms with E-state index < -0.39 is 0 Å². The monoisotopic (exact) mass is 324 g/mol. The van der Waals surface area contributed by atoms with Gasteiger partial charge in [0, 0.05) is 17.5 Å². The summed E-state index contributed by atoms with van der Waals surface area (Å²) < 4.78 is 19.6. The van der Waals surface area contributed by atoms with Crippen molar-refractivity contribution in [1.29, 1.82) is 5.41 Å². The first kappa shape index (κ1) is 15.7. The van der Waals surface area contributed by atoms with Gasteiger partial charge in [-0.15, -0.1) is 0 Å². The van der Waals surface area contributed by atoms with E-state index in [9.17, 15) is 4.39 Å². The van der Waals surface area contributed by atoms with Crippen LogP contribution in [0.3, 0.4) is 0 Å². The first-order valence-electron chi connectivity index (χ1n) is 7.47. The second-order valence-corrected chi connectivity index (χ2v) is 5.48. The highest BCUT2D eigenvalue weighted by Gasteiger charge is 2.16. The molecule has 4 N–H and O–H groups in total. The van der Waals surface area contributed by atoms with Gasteiger partial charge in [-0.05, 0) is 17.2 Å². The van der Waals surface area contributed by atoms with Gasteiger partial charge in [-0.1, -0.05) is 54.5 Å². The molecule has 6 heteroatoms. The van der Waals surface area contributed by atoms with Gasteiger partial charge in [0.2, 0.25) is 5.88 Å². The van der Waals surface area contributed by atoms with Gasteiger partial charge in [-0.3, -0.25) is 10.7 Å². The Morgan fingerprint density at radius 3 is 2.62 bits per heavy atom. The minimum atomic E-state index is -0.281. The summed E-state index contributed by atoms with van der Waals surface area (Å²) in [6.45, 7) is 1.91. The maximum absolute atomic E-state index is 14.5. The van der Waals surface area contributed by atoms with Crippen molar-refractivity contribution in [1.82, 2.24) is 5.16 Å². The molecule has 0 aliphatic rings. The number of nitrogens with one attached hydrogen (secondary N) is 2. The smallest absolute Gasteiger partial charge is 0.231 e. The molecule has 1 unspecified atom stereocenters. The van der Waals surface area contributed by atoms with Crippen LogP contribution >= 0.6 is 0 Å². The number of aromatic nitrogens is 1. The number of guanidine groups is 1. The minimum Gasteiger partial charge on any atom is -0.370 e. The van der Waals surface area contributed by atoms with Gasteiger partial charge in [-0.2, -0.15) is 0 Å². The first-order chi connectivity index (χ1) is 11.5. The van der Waals surface area contributed by atoms with Gasteiger partial charge in [0.25, 0.3) is 0 Å². The average molecular weight is 324 g/mol. The van der Waals surface area contributed by atoms with E-state index in [0.29, 0.717) is 11.3 Å². The third-order valence-electron chi connectivity index (χ3n) is 3.81. The van der Waals surface area contributed by atoms with Gasteiger partial charge in [-0.25, -0.2) is 4.39 Å². The highest BCUT2D eigenvalue weighted by Crippen LogP contribution is 2.29. The molecular weight excluding hydrogens is 307 g/mol. The number of halogens is 1. The number of benzene rings is 2. The molecule has 5 nitrogen and oxygen atoms in total. The zero-order chi connectivity index (χ0) is 17.1. The molecule has 2 aromatic carbocycles. The lowest BCUT2D eigenvalue weighted by Gasteiger charge is -2.11. The summed E-state index contributed by atoms with van der Waals surface area (Å²) in [4.78, 5) is 0. The van der Waals surface area contributed by atoms with E-state index in [1.165, 1.54) is 6.07 Å². The third kappa shape index (κ3) is 3.27. The first-order valence-corrected chi connectivity index (χ1v) is 7.47. The zero-order valence-electron chi connectivity index (χ0n) is 13.1. The summed E-state index contributed by atoms with van der Waals surface area (Å²) in [6.07, 6.45) is 0. The Morgan fingerprint density at radius 2 is 1.96 bits per heavy atom. The Balaban J connectivity index is 1.86. The van der Waals surface area contributed by atoms with E-state index in [0.717, 1.165) is 11.1 Å². The molecule has 0 radical (unpaired) electrons. The largest absolute Gasteiger partial charge is 0.370 e. The quantitative estimate of drug-likeness (QED) is 0.501. The second-order valence-electron chi connectivity index (χ2n) is 5.48. The van der Waals surface area contributed by atoms with Crippen LogP contribution in [0.4, 0.5) is 10.3 Å². The number of rotatable bonds is 4. The van der Waals surface area contributed by atoms with Crippen LogP contribution in [0.15, 0.2) is 59.1 Å². The van der Waals surface area contributed by atoms with Crippen molar-refractivity contribution in [2.24, 2.45) is 5.73 Å². The third-order valence-corrected chi connectivity index (χ3v) is 3.81. The number of nitrogens with zero attached hydrogens (tertiary/aromatic N) is 1. The van der Waals surface area contributed by atoms with Crippen LogP contribution < -0.4 is 11.1 Å². The highest BCUT2D eigenvalue weighted by molar-refractivity contribution is 5.88. The molecule has 0 fully saturated rings. The second kappa shape index (κ2) is 6.54. The molecule has 0 bridgehead atoms. The summed E-state index contributed by atoms with van der Waals surface area (Å²) in [6, 6.07) is 16.2. The fourth-order valence-corrected chi connectivity index (χ4v) is 2.51. The Bertz CT molecular complexity index is 860. The molecule has 3 rings (SSSR count). The van der Waals surface area contributed by atoms with E-state index in [1.54, 1.807) is 12.1 Å². The molecule has 0 saturated heterocycles. The Labute approximate surface area is 138 Å². The van der Waals surface area contributed by atoms with Crippen molar-refractivity contribution in [2.75, 3.05) is 5.32 Å². The van der Waals surface area contributed by atoms with E-state index in [2.05, 4.69) is 10.5 Å². The van der Waals surface area contributed by atoms with Crippen molar-refractivity contribution in [3.63, 3.8) is 0 Å². The van der Waals surface area contributed by atoms with Crippen LogP contribution in [-0.2, 0) is 0 Å². The summed E-state index contributed by atoms with van der Waals surface area (Å²) in [5.41, 5.74) is 8.06. The lowest BCUT2D eigenvalue weighted by molar-refractivity contribution is 0.424. The highest BCUT2D eigenvalue weighted by atomic mass is 19.1. The van der Waals surface area contributed by atoms with E-state index in [1.807, 2.05) is 43.3 Å². The van der Waals surface area contributed by atoms with Gasteiger partial charge in [0.1, 0.15) is 5.82 Å². The fourth-order valence-electron chi connectivity index (χ4n) is 2.51. The summed E-state index contributed by atoms with van der Waals surface area (Å²) in [5.74, 6) is -0.388. The van der Waals surface area contributed by atoms with Gasteiger partial charge >= 0.3 is 0 Å². The molecule has 0 aliphatic heterocycles. The normalized spacial score (nSPS) is 11.9. The maximum Gasteiger partial charge on any atom is 0.231 e. The molecule has 24 heavy (non-hydrogen) atoms. The predicted molar refractivity (Wildman–Crippen MR) is 91.4 cm³/mol. The van der Waals surface area contributed by atoms with Crippen molar-refractivity contribution < 1.29 is 8.91 Å². The van der Waals surface area contributed by atoms with Crippen molar-refractivity contribution in [2.45, 2.75) is 12.8 Å². The number of anilines is 1. The molecule has 122 valence electrons. The van der Waals surface area contributed by atoms with Crippen LogP contribution in [0.25, 0.3) is 11.1 Å². The molecule has 1 heterocycles. The summed E-state index contributed by atoms with van der Waals surface area (Å²) in [7, 11) is 0. The Kier molecular flexibility index (Phi) is 4.29. The zero-order valence-corrected chi connectivity index (χ0v) is 13.1. The van der Waals surface area contributed by atoms with Crippen LogP contribution in [0, 0.1) is 11.2 Å². The number of nitrogens with two attached hydrogens (primary N) is 1. The molecule has 0 aliphatic carbocycles. The molecule has 1 aromatic heterocycles. The Hall–Kier alpha value is -3.15. The fraction of sp³-hybridized carbons (Fsp3) is 0.111. The van der Waals surface area contributed by atoms with E-state index >= 15 is 0 Å². The topological polar surface area (TPSA) is 87.9 Å². The lowest BCUT2D eigenvalue weighted by Crippen LogP contribution is -2.19. The predicted octanol–water partition coefficient (Wildman–Crippen LogP) is 3.94. The molecule has 0 saturated carbocycles. The molecule has 1 atom stereocenters. The SMILES string of the molecule is CC(c1ccc(-c2ccccc2)c(F)c1)c1cc(NC(=N)N)on1. The van der Waals surface area contributed by atoms with Crippen molar-refractivity contribution in [3.8, 4) is 11.1 Å². The van der Waals surface area contributed by atoms with Crippen LogP contribution in [0.5, 0.6) is 0 Å². The van der Waals surface area contributed by atoms with Crippen LogP contribution in [-0.4, -0.2) is 11.1 Å². The Morgan fingerprint density at radius 1 is 1.21 bits per heavy atom. The maximum atomic E-state index is 14.5. The van der Waals surface area contributed by atoms with Crippen molar-refractivity contribution >= 4 is 11.8 Å². The van der Waals surface area contributed by atoms with Crippen LogP contribution in [0.2, 0.25) is 0 Å². The van der Waals surface area contributed by atoms with Gasteiger partial charge < -0.3 is 10.3 Å². The van der Waals surface area contributed by atoms with Gasteiger partial charge in [0.15, 0.2) is 5.96 Å². The van der Waals surface area contributed by atoms with Crippen LogP contribution in [0.1, 0.15) is 24.1 Å². The van der Waals surface area contributed by atoms with E-state index in [-0.39, 0.29) is 23.6 Å². The minimum absolute atomic E-state index is 0.157. The van der Waals surface area contributed by atoms with Crippen molar-refractivity contribution in [3.05, 3.63) is 71.7 Å². The molecule has 3 aromatic rings.